The highest BCUT2D eigenvalue weighted by Gasteiger charge is 2.10. The monoisotopic (exact) mass is 282 g/mol. The molecule has 0 saturated heterocycles. The van der Waals surface area contributed by atoms with Gasteiger partial charge in [0.1, 0.15) is 11.3 Å². The maximum absolute atomic E-state index is 5.86. The van der Waals surface area contributed by atoms with Crippen molar-refractivity contribution in [3.05, 3.63) is 60.0 Å². The van der Waals surface area contributed by atoms with Gasteiger partial charge in [-0.15, -0.1) is 0 Å². The lowest BCUT2D eigenvalue weighted by atomic mass is 10.2. The molecule has 0 radical (unpaired) electrons. The number of aromatic nitrogens is 1. The van der Waals surface area contributed by atoms with Crippen molar-refractivity contribution in [1.82, 2.24) is 10.3 Å². The molecule has 1 atom stereocenters. The Morgan fingerprint density at radius 1 is 1.24 bits per heavy atom. The Hall–Kier alpha value is -2.33. The predicted octanol–water partition coefficient (Wildman–Crippen LogP) is 3.69. The number of methoxy groups -OCH3 is 1. The average Bonchev–Trinajstić information content (AvgIpc) is 2.97. The number of rotatable bonds is 5. The summed E-state index contributed by atoms with van der Waals surface area (Å²) in [7, 11) is 1.61. The third-order valence-corrected chi connectivity index (χ3v) is 3.49. The lowest BCUT2D eigenvalue weighted by molar-refractivity contribution is 0.397. The largest absolute Gasteiger partial charge is 0.481 e. The Morgan fingerprint density at radius 3 is 2.81 bits per heavy atom. The van der Waals surface area contributed by atoms with E-state index in [4.69, 9.17) is 9.15 Å². The normalized spacial score (nSPS) is 12.5. The van der Waals surface area contributed by atoms with E-state index in [0.29, 0.717) is 5.88 Å². The van der Waals surface area contributed by atoms with Gasteiger partial charge >= 0.3 is 0 Å². The highest BCUT2D eigenvalue weighted by molar-refractivity contribution is 5.77. The number of furan rings is 1. The third-order valence-electron chi connectivity index (χ3n) is 3.49. The highest BCUT2D eigenvalue weighted by Crippen LogP contribution is 2.23. The van der Waals surface area contributed by atoms with E-state index in [1.807, 2.05) is 36.5 Å². The Bertz CT molecular complexity index is 686. The molecule has 1 unspecified atom stereocenters. The maximum atomic E-state index is 5.86. The summed E-state index contributed by atoms with van der Waals surface area (Å²) in [6.45, 7) is 2.82. The molecule has 3 rings (SSSR count). The van der Waals surface area contributed by atoms with Gasteiger partial charge in [-0.3, -0.25) is 0 Å². The fourth-order valence-electron chi connectivity index (χ4n) is 2.22. The molecule has 0 aliphatic heterocycles. The first-order valence-electron chi connectivity index (χ1n) is 6.97. The zero-order valence-corrected chi connectivity index (χ0v) is 12.2. The Morgan fingerprint density at radius 2 is 2.10 bits per heavy atom. The van der Waals surface area contributed by atoms with Crippen molar-refractivity contribution in [1.29, 1.82) is 0 Å². The van der Waals surface area contributed by atoms with Gasteiger partial charge < -0.3 is 14.5 Å². The average molecular weight is 282 g/mol. The van der Waals surface area contributed by atoms with E-state index in [1.54, 1.807) is 7.11 Å². The Labute approximate surface area is 123 Å². The second-order valence-corrected chi connectivity index (χ2v) is 5.00. The van der Waals surface area contributed by atoms with Gasteiger partial charge in [0, 0.05) is 24.2 Å². The molecule has 1 aromatic carbocycles. The molecule has 0 fully saturated rings. The lowest BCUT2D eigenvalue weighted by Gasteiger charge is -2.11. The number of nitrogens with zero attached hydrogens (tertiary/aromatic N) is 1. The fraction of sp³-hybridized carbons (Fsp3) is 0.235. The SMILES string of the molecule is COc1ccc(CNC(C)c2cc3ccccc3o2)cn1. The topological polar surface area (TPSA) is 47.3 Å². The second kappa shape index (κ2) is 5.97. The van der Waals surface area contributed by atoms with Crippen LogP contribution in [0.5, 0.6) is 5.88 Å². The predicted molar refractivity (Wildman–Crippen MR) is 82.3 cm³/mol. The van der Waals surface area contributed by atoms with Crippen molar-refractivity contribution in [2.24, 2.45) is 0 Å². The number of ether oxygens (including phenoxy) is 1. The van der Waals surface area contributed by atoms with Crippen molar-refractivity contribution >= 4 is 11.0 Å². The molecule has 2 heterocycles. The molecule has 0 amide bonds. The molecule has 0 aliphatic carbocycles. The first-order chi connectivity index (χ1) is 10.3. The van der Waals surface area contributed by atoms with Crippen molar-refractivity contribution in [2.75, 3.05) is 7.11 Å². The van der Waals surface area contributed by atoms with Gasteiger partial charge in [0.05, 0.1) is 13.2 Å². The minimum atomic E-state index is 0.138. The summed E-state index contributed by atoms with van der Waals surface area (Å²) < 4.78 is 10.9. The lowest BCUT2D eigenvalue weighted by Crippen LogP contribution is -2.17. The van der Waals surface area contributed by atoms with Gasteiger partial charge in [-0.1, -0.05) is 24.3 Å². The first-order valence-corrected chi connectivity index (χ1v) is 6.97. The van der Waals surface area contributed by atoms with Gasteiger partial charge in [-0.2, -0.15) is 0 Å². The van der Waals surface area contributed by atoms with Gasteiger partial charge in [0.2, 0.25) is 5.88 Å². The van der Waals surface area contributed by atoms with Crippen LogP contribution in [0.1, 0.15) is 24.3 Å². The van der Waals surface area contributed by atoms with Gasteiger partial charge in [-0.05, 0) is 24.6 Å². The van der Waals surface area contributed by atoms with Crippen LogP contribution in [0.3, 0.4) is 0 Å². The third kappa shape index (κ3) is 3.06. The number of benzene rings is 1. The zero-order valence-electron chi connectivity index (χ0n) is 12.2. The first kappa shape index (κ1) is 13.6. The standard InChI is InChI=1S/C17H18N2O2/c1-12(16-9-14-5-3-4-6-15(14)21-16)18-10-13-7-8-17(20-2)19-11-13/h3-9,11-12,18H,10H2,1-2H3. The molecule has 4 nitrogen and oxygen atoms in total. The molecule has 0 saturated carbocycles. The molecule has 0 bridgehead atoms. The van der Waals surface area contributed by atoms with Crippen LogP contribution >= 0.6 is 0 Å². The molecule has 2 aromatic heterocycles. The van der Waals surface area contributed by atoms with E-state index >= 15 is 0 Å². The van der Waals surface area contributed by atoms with Crippen LogP contribution in [-0.2, 0) is 6.54 Å². The van der Waals surface area contributed by atoms with Crippen LogP contribution < -0.4 is 10.1 Å². The summed E-state index contributed by atoms with van der Waals surface area (Å²) in [6, 6.07) is 14.1. The van der Waals surface area contributed by atoms with Crippen LogP contribution in [0.15, 0.2) is 53.1 Å². The molecule has 3 aromatic rings. The van der Waals surface area contributed by atoms with Gasteiger partial charge in [0.25, 0.3) is 0 Å². The minimum Gasteiger partial charge on any atom is -0.481 e. The number of hydrogen-bond acceptors (Lipinski definition) is 4. The van der Waals surface area contributed by atoms with Crippen LogP contribution in [0.2, 0.25) is 0 Å². The Balaban J connectivity index is 1.66. The molecular weight excluding hydrogens is 264 g/mol. The van der Waals surface area contributed by atoms with Crippen molar-refractivity contribution in [3.8, 4) is 5.88 Å². The van der Waals surface area contributed by atoms with E-state index in [9.17, 15) is 0 Å². The molecule has 1 N–H and O–H groups in total. The Kier molecular flexibility index (Phi) is 3.88. The smallest absolute Gasteiger partial charge is 0.212 e. The van der Waals surface area contributed by atoms with E-state index in [0.717, 1.165) is 28.8 Å². The zero-order chi connectivity index (χ0) is 14.7. The summed E-state index contributed by atoms with van der Waals surface area (Å²) in [5.41, 5.74) is 2.03. The molecule has 4 heteroatoms. The van der Waals surface area contributed by atoms with Crippen molar-refractivity contribution in [3.63, 3.8) is 0 Å². The molecular formula is C17H18N2O2. The van der Waals surface area contributed by atoms with Crippen LogP contribution in [0, 0.1) is 0 Å². The number of fused-ring (bicyclic) bond motifs is 1. The van der Waals surface area contributed by atoms with E-state index in [2.05, 4.69) is 29.4 Å². The molecule has 21 heavy (non-hydrogen) atoms. The quantitative estimate of drug-likeness (QED) is 0.775. The summed E-state index contributed by atoms with van der Waals surface area (Å²) in [6.07, 6.45) is 1.82. The summed E-state index contributed by atoms with van der Waals surface area (Å²) in [4.78, 5) is 4.20. The second-order valence-electron chi connectivity index (χ2n) is 5.00. The van der Waals surface area contributed by atoms with Crippen LogP contribution in [-0.4, -0.2) is 12.1 Å². The van der Waals surface area contributed by atoms with Gasteiger partial charge in [-0.25, -0.2) is 4.98 Å². The fourth-order valence-corrected chi connectivity index (χ4v) is 2.22. The van der Waals surface area contributed by atoms with Gasteiger partial charge in [0.15, 0.2) is 0 Å². The molecule has 0 spiro atoms. The molecule has 0 aliphatic rings. The van der Waals surface area contributed by atoms with Crippen LogP contribution in [0.4, 0.5) is 0 Å². The number of hydrogen-bond donors (Lipinski definition) is 1. The number of nitrogens with one attached hydrogen (secondary N) is 1. The number of para-hydroxylation sites is 1. The summed E-state index contributed by atoms with van der Waals surface area (Å²) in [5, 5.41) is 4.57. The van der Waals surface area contributed by atoms with E-state index in [1.165, 1.54) is 0 Å². The maximum Gasteiger partial charge on any atom is 0.212 e. The van der Waals surface area contributed by atoms with Crippen molar-refractivity contribution in [2.45, 2.75) is 19.5 Å². The number of pyridine rings is 1. The summed E-state index contributed by atoms with van der Waals surface area (Å²) >= 11 is 0. The van der Waals surface area contributed by atoms with E-state index in [-0.39, 0.29) is 6.04 Å². The minimum absolute atomic E-state index is 0.138. The van der Waals surface area contributed by atoms with Crippen LogP contribution in [0.25, 0.3) is 11.0 Å². The van der Waals surface area contributed by atoms with E-state index < -0.39 is 0 Å². The molecule has 108 valence electrons. The summed E-state index contributed by atoms with van der Waals surface area (Å²) in [5.74, 6) is 1.57. The highest BCUT2D eigenvalue weighted by atomic mass is 16.5. The van der Waals surface area contributed by atoms with Crippen molar-refractivity contribution < 1.29 is 9.15 Å².